The predicted octanol–water partition coefficient (Wildman–Crippen LogP) is 0.363. The number of rotatable bonds is 23. The summed E-state index contributed by atoms with van der Waals surface area (Å²) in [4.78, 5) is 92.3. The van der Waals surface area contributed by atoms with Crippen LogP contribution in [0.1, 0.15) is 91.0 Å². The Morgan fingerprint density at radius 2 is 1.37 bits per heavy atom. The molecule has 1 fully saturated rings. The van der Waals surface area contributed by atoms with Crippen molar-refractivity contribution in [1.82, 2.24) is 26.2 Å². The van der Waals surface area contributed by atoms with Gasteiger partial charge in [-0.15, -0.1) is 0 Å². The molecule has 1 saturated heterocycles. The normalized spacial score (nSPS) is 16.9. The number of unbranched alkanes of at least 4 members (excludes halogenated alkanes) is 1. The topological polar surface area (TPSA) is 284 Å². The monoisotopic (exact) mass is 761 g/mol. The van der Waals surface area contributed by atoms with Crippen LogP contribution in [0.3, 0.4) is 0 Å². The molecular weight excluding hydrogens is 702 g/mol. The number of carbonyl (C=O) groups excluding carboxylic acids is 5. The van der Waals surface area contributed by atoms with E-state index < -0.39 is 84.1 Å². The number of amides is 5. The summed E-state index contributed by atoms with van der Waals surface area (Å²) in [5.41, 5.74) is 12.4. The number of carboxylic acids is 2. The van der Waals surface area contributed by atoms with Gasteiger partial charge in [-0.3, -0.25) is 28.8 Å². The highest BCUT2D eigenvalue weighted by Crippen LogP contribution is 2.22. The molecule has 1 aromatic rings. The number of hydrogen-bond acceptors (Lipinski definition) is 10. The quantitative estimate of drug-likeness (QED) is 0.0684. The maximum atomic E-state index is 14.3. The minimum Gasteiger partial charge on any atom is -0.508 e. The molecule has 1 heterocycles. The second-order valence-electron chi connectivity index (χ2n) is 14.7. The van der Waals surface area contributed by atoms with Gasteiger partial charge >= 0.3 is 11.9 Å². The van der Waals surface area contributed by atoms with Crippen LogP contribution in [0.15, 0.2) is 24.3 Å². The molecule has 0 spiro atoms. The predicted molar refractivity (Wildman–Crippen MR) is 199 cm³/mol. The van der Waals surface area contributed by atoms with E-state index in [1.807, 2.05) is 13.8 Å². The van der Waals surface area contributed by atoms with Crippen molar-refractivity contribution in [3.05, 3.63) is 29.8 Å². The number of hydrogen-bond donors (Lipinski definition) is 9. The molecule has 0 radical (unpaired) electrons. The first-order chi connectivity index (χ1) is 25.4. The third kappa shape index (κ3) is 15.3. The molecule has 0 aliphatic carbocycles. The summed E-state index contributed by atoms with van der Waals surface area (Å²) in [6.45, 7) is 7.98. The second kappa shape index (κ2) is 22.4. The highest BCUT2D eigenvalue weighted by molar-refractivity contribution is 5.96. The first kappa shape index (κ1) is 45.4. The second-order valence-corrected chi connectivity index (χ2v) is 14.7. The summed E-state index contributed by atoms with van der Waals surface area (Å²) in [5.74, 6) is -5.81. The minimum atomic E-state index is -1.50. The van der Waals surface area contributed by atoms with Gasteiger partial charge in [0, 0.05) is 19.4 Å². The van der Waals surface area contributed by atoms with Gasteiger partial charge in [0.1, 0.15) is 36.0 Å². The van der Waals surface area contributed by atoms with Crippen molar-refractivity contribution in [3.63, 3.8) is 0 Å². The van der Waals surface area contributed by atoms with Crippen molar-refractivity contribution >= 4 is 41.5 Å². The summed E-state index contributed by atoms with van der Waals surface area (Å²) >= 11 is 0. The molecule has 54 heavy (non-hydrogen) atoms. The van der Waals surface area contributed by atoms with E-state index in [1.54, 1.807) is 26.0 Å². The fraction of sp³-hybridized carbons (Fsp3) is 0.649. The highest BCUT2D eigenvalue weighted by Gasteiger charge is 2.40. The van der Waals surface area contributed by atoms with Crippen LogP contribution in [0.2, 0.25) is 0 Å². The van der Waals surface area contributed by atoms with E-state index in [0.717, 1.165) is 0 Å². The Morgan fingerprint density at radius 3 is 1.94 bits per heavy atom. The average molecular weight is 762 g/mol. The Labute approximate surface area is 316 Å². The Hall–Kier alpha value is -4.77. The number of nitrogens with zero attached hydrogens (tertiary/aromatic N) is 1. The van der Waals surface area contributed by atoms with Crippen LogP contribution in [-0.2, 0) is 40.0 Å². The maximum absolute atomic E-state index is 14.3. The van der Waals surface area contributed by atoms with E-state index in [0.29, 0.717) is 37.8 Å². The molecule has 5 amide bonds. The van der Waals surface area contributed by atoms with Crippen molar-refractivity contribution < 1.29 is 48.9 Å². The lowest BCUT2D eigenvalue weighted by atomic mass is 10.0. The van der Waals surface area contributed by atoms with Crippen LogP contribution in [0, 0.1) is 11.8 Å². The largest absolute Gasteiger partial charge is 0.508 e. The van der Waals surface area contributed by atoms with Crippen LogP contribution < -0.4 is 32.7 Å². The zero-order valence-electron chi connectivity index (χ0n) is 31.7. The molecule has 11 N–H and O–H groups in total. The molecule has 0 unspecified atom stereocenters. The molecule has 2 rings (SSSR count). The van der Waals surface area contributed by atoms with E-state index in [-0.39, 0.29) is 56.2 Å². The maximum Gasteiger partial charge on any atom is 0.326 e. The van der Waals surface area contributed by atoms with Crippen LogP contribution in [0.5, 0.6) is 5.75 Å². The first-order valence-electron chi connectivity index (χ1n) is 18.6. The molecule has 1 aromatic carbocycles. The average Bonchev–Trinajstić information content (AvgIpc) is 3.59. The van der Waals surface area contributed by atoms with Crippen molar-refractivity contribution in [1.29, 1.82) is 0 Å². The Bertz CT molecular complexity index is 1440. The Kier molecular flexibility index (Phi) is 18.9. The van der Waals surface area contributed by atoms with Gasteiger partial charge < -0.3 is 53.0 Å². The number of aromatic hydroxyl groups is 1. The lowest BCUT2D eigenvalue weighted by Crippen LogP contribution is -2.59. The van der Waals surface area contributed by atoms with Gasteiger partial charge in [-0.05, 0) is 87.4 Å². The van der Waals surface area contributed by atoms with Gasteiger partial charge in [-0.1, -0.05) is 39.8 Å². The van der Waals surface area contributed by atoms with E-state index in [1.165, 1.54) is 17.0 Å². The van der Waals surface area contributed by atoms with Gasteiger partial charge in [-0.25, -0.2) is 4.79 Å². The van der Waals surface area contributed by atoms with Crippen molar-refractivity contribution in [2.24, 2.45) is 23.3 Å². The van der Waals surface area contributed by atoms with Crippen molar-refractivity contribution in [2.75, 3.05) is 13.1 Å². The van der Waals surface area contributed by atoms with Crippen LogP contribution >= 0.6 is 0 Å². The molecule has 17 nitrogen and oxygen atoms in total. The summed E-state index contributed by atoms with van der Waals surface area (Å²) in [5, 5.41) is 38.9. The number of phenolic OH excluding ortho intramolecular Hbond substituents is 1. The zero-order valence-corrected chi connectivity index (χ0v) is 31.7. The number of nitrogens with one attached hydrogen (secondary N) is 4. The Balaban J connectivity index is 2.35. The first-order valence-corrected chi connectivity index (χ1v) is 18.6. The third-order valence-electron chi connectivity index (χ3n) is 9.07. The minimum absolute atomic E-state index is 0.00101. The van der Waals surface area contributed by atoms with Gasteiger partial charge in [-0.2, -0.15) is 0 Å². The SMILES string of the molecule is CC(C)C[C@H](NC(=O)[C@@H]1CCCN1C(=O)[C@H](Cc1ccc(O)cc1)NC(=O)[C@H](CCCCN)NC(=O)[C@@H](N)CC(C)C)C(=O)N[C@@H](CCC(=O)O)C(=O)O. The summed E-state index contributed by atoms with van der Waals surface area (Å²) in [6, 6.07) is -0.734. The lowest BCUT2D eigenvalue weighted by Gasteiger charge is -2.31. The number of carboxylic acid groups (broad SMARTS) is 2. The van der Waals surface area contributed by atoms with Gasteiger partial charge in [0.05, 0.1) is 6.04 Å². The number of aliphatic carboxylic acids is 2. The molecular formula is C37H59N7O10. The standard InChI is InChI=1S/C37H59N7O10/c1-21(2)18-25(39)32(48)40-26(8-5-6-16-38)33(49)43-29(20-23-10-12-24(45)13-11-23)36(52)44-17-7-9-30(44)35(51)42-28(19-22(3)4)34(50)41-27(37(53)54)14-15-31(46)47/h10-13,21-22,25-30,45H,5-9,14-20,38-39H2,1-4H3,(H,40,48)(H,41,50)(H,42,51)(H,43,49)(H,46,47)(H,53,54)/t25-,26-,27-,28-,29-,30-/m0/s1. The number of nitrogens with two attached hydrogens (primary N) is 2. The number of phenols is 1. The summed E-state index contributed by atoms with van der Waals surface area (Å²) in [7, 11) is 0. The molecule has 0 aromatic heterocycles. The van der Waals surface area contributed by atoms with Crippen molar-refractivity contribution in [3.8, 4) is 5.75 Å². The van der Waals surface area contributed by atoms with E-state index in [4.69, 9.17) is 16.6 Å². The molecule has 6 atom stereocenters. The molecule has 302 valence electrons. The summed E-state index contributed by atoms with van der Waals surface area (Å²) in [6.07, 6.45) is 1.67. The van der Waals surface area contributed by atoms with Crippen LogP contribution in [-0.4, -0.2) is 111 Å². The molecule has 1 aliphatic heterocycles. The molecule has 1 aliphatic rings. The third-order valence-corrected chi connectivity index (χ3v) is 9.07. The number of benzene rings is 1. The smallest absolute Gasteiger partial charge is 0.326 e. The number of likely N-dealkylation sites (tertiary alicyclic amines) is 1. The Morgan fingerprint density at radius 1 is 0.778 bits per heavy atom. The molecule has 0 bridgehead atoms. The summed E-state index contributed by atoms with van der Waals surface area (Å²) < 4.78 is 0. The van der Waals surface area contributed by atoms with E-state index >= 15 is 0 Å². The molecule has 17 heteroatoms. The van der Waals surface area contributed by atoms with Crippen LogP contribution in [0.25, 0.3) is 0 Å². The van der Waals surface area contributed by atoms with Crippen LogP contribution in [0.4, 0.5) is 0 Å². The van der Waals surface area contributed by atoms with Gasteiger partial charge in [0.15, 0.2) is 0 Å². The zero-order chi connectivity index (χ0) is 40.5. The fourth-order valence-corrected chi connectivity index (χ4v) is 6.27. The highest BCUT2D eigenvalue weighted by atomic mass is 16.4. The van der Waals surface area contributed by atoms with Gasteiger partial charge in [0.2, 0.25) is 29.5 Å². The lowest BCUT2D eigenvalue weighted by molar-refractivity contribution is -0.144. The van der Waals surface area contributed by atoms with Gasteiger partial charge in [0.25, 0.3) is 0 Å². The fourth-order valence-electron chi connectivity index (χ4n) is 6.27. The number of carbonyl (C=O) groups is 7. The van der Waals surface area contributed by atoms with E-state index in [2.05, 4.69) is 21.3 Å². The molecule has 0 saturated carbocycles. The van der Waals surface area contributed by atoms with Crippen molar-refractivity contribution in [2.45, 2.75) is 128 Å². The van der Waals surface area contributed by atoms with E-state index in [9.17, 15) is 43.8 Å².